The number of nitrogens with zero attached hydrogens (tertiary/aromatic N) is 4. The van der Waals surface area contributed by atoms with Crippen LogP contribution in [0.3, 0.4) is 0 Å². The van der Waals surface area contributed by atoms with Gasteiger partial charge in [-0.25, -0.2) is 4.79 Å². The van der Waals surface area contributed by atoms with Crippen molar-refractivity contribution in [1.29, 1.82) is 0 Å². The number of hydrogen-bond acceptors (Lipinski definition) is 10. The van der Waals surface area contributed by atoms with Crippen molar-refractivity contribution in [3.8, 4) is 0 Å². The van der Waals surface area contributed by atoms with E-state index in [2.05, 4.69) is 48.2 Å². The molecule has 0 spiro atoms. The molecule has 1 fully saturated rings. The smallest absolute Gasteiger partial charge is 0.407 e. The van der Waals surface area contributed by atoms with E-state index in [1.807, 2.05) is 39.2 Å². The van der Waals surface area contributed by atoms with E-state index in [1.54, 1.807) is 0 Å². The van der Waals surface area contributed by atoms with Gasteiger partial charge in [-0.15, -0.1) is 11.8 Å². The van der Waals surface area contributed by atoms with E-state index >= 15 is 0 Å². The third-order valence-corrected chi connectivity index (χ3v) is 6.08. The van der Waals surface area contributed by atoms with Gasteiger partial charge < -0.3 is 30.3 Å². The summed E-state index contributed by atoms with van der Waals surface area (Å²) in [7, 11) is 0. The van der Waals surface area contributed by atoms with Crippen LogP contribution in [-0.4, -0.2) is 77.5 Å². The molecule has 1 aliphatic heterocycles. The first kappa shape index (κ1) is 25.8. The molecule has 0 saturated carbocycles. The molecule has 194 valence electrons. The summed E-state index contributed by atoms with van der Waals surface area (Å²) in [4.78, 5) is 23.5. The quantitative estimate of drug-likeness (QED) is 0.246. The number of aromatic amines is 1. The summed E-state index contributed by atoms with van der Waals surface area (Å²) in [5.41, 5.74) is 2.19. The Hall–Kier alpha value is -3.25. The maximum atomic E-state index is 11.8. The van der Waals surface area contributed by atoms with Gasteiger partial charge in [-0.2, -0.15) is 15.1 Å². The van der Waals surface area contributed by atoms with Gasteiger partial charge in [-0.3, -0.25) is 5.10 Å². The molecule has 2 aromatic heterocycles. The number of carbonyl (C=O) groups excluding carboxylic acids is 1. The minimum absolute atomic E-state index is 0.419. The molecule has 0 atom stereocenters. The number of thioether (sulfide) groups is 1. The van der Waals surface area contributed by atoms with Gasteiger partial charge in [-0.1, -0.05) is 0 Å². The van der Waals surface area contributed by atoms with Crippen LogP contribution in [0.5, 0.6) is 0 Å². The molecular weight excluding hydrogens is 480 g/mol. The van der Waals surface area contributed by atoms with E-state index < -0.39 is 11.7 Å². The molecule has 36 heavy (non-hydrogen) atoms. The Labute approximate surface area is 215 Å². The molecule has 1 saturated heterocycles. The number of benzene rings is 1. The van der Waals surface area contributed by atoms with Gasteiger partial charge in [0.25, 0.3) is 0 Å². The number of nitrogens with one attached hydrogen (secondary N) is 4. The fourth-order valence-electron chi connectivity index (χ4n) is 3.74. The van der Waals surface area contributed by atoms with E-state index in [1.165, 1.54) is 17.4 Å². The first-order valence-electron chi connectivity index (χ1n) is 12.0. The summed E-state index contributed by atoms with van der Waals surface area (Å²) in [5, 5.41) is 18.5. The summed E-state index contributed by atoms with van der Waals surface area (Å²) < 4.78 is 10.7. The summed E-state index contributed by atoms with van der Waals surface area (Å²) in [6, 6.07) is 8.22. The van der Waals surface area contributed by atoms with E-state index in [-0.39, 0.29) is 0 Å². The zero-order chi connectivity index (χ0) is 25.5. The first-order chi connectivity index (χ1) is 17.3. The van der Waals surface area contributed by atoms with Crippen molar-refractivity contribution in [2.24, 2.45) is 0 Å². The number of aromatic nitrogens is 4. The van der Waals surface area contributed by atoms with Crippen molar-refractivity contribution >= 4 is 52.0 Å². The van der Waals surface area contributed by atoms with Crippen molar-refractivity contribution in [2.75, 3.05) is 61.2 Å². The first-order valence-corrected chi connectivity index (χ1v) is 13.3. The van der Waals surface area contributed by atoms with E-state index in [0.717, 1.165) is 42.4 Å². The van der Waals surface area contributed by atoms with Crippen LogP contribution < -0.4 is 20.9 Å². The summed E-state index contributed by atoms with van der Waals surface area (Å²) in [6.45, 7) is 9.91. The highest BCUT2D eigenvalue weighted by Crippen LogP contribution is 2.30. The topological polar surface area (TPSA) is 129 Å². The second-order valence-corrected chi connectivity index (χ2v) is 10.1. The second kappa shape index (κ2) is 11.7. The molecule has 0 radical (unpaired) electrons. The lowest BCUT2D eigenvalue weighted by molar-refractivity contribution is 0.0527. The molecular formula is C24H34N8O3S. The van der Waals surface area contributed by atoms with Gasteiger partial charge in [0, 0.05) is 37.6 Å². The third-order valence-electron chi connectivity index (χ3n) is 5.39. The molecule has 1 aliphatic rings. The lowest BCUT2D eigenvalue weighted by atomic mass is 10.2. The molecule has 3 aromatic rings. The molecule has 1 amide bonds. The molecule has 1 aromatic carbocycles. The standard InChI is InChI=1S/C24H34N8O3S/c1-24(2,3)35-23(33)26-11-5-10-25-19-18-20(30-31-21(18)36-4)29-22(28-19)27-16-6-8-17(9-7-16)32-12-14-34-15-13-32/h6-9H,5,10-15H2,1-4H3,(H,26,33)(H3,25,27,28,29,30,31). The molecule has 4 N–H and O–H groups in total. The van der Waals surface area contributed by atoms with Crippen LogP contribution in [0, 0.1) is 0 Å². The predicted octanol–water partition coefficient (Wildman–Crippen LogP) is 3.98. The van der Waals surface area contributed by atoms with E-state index in [9.17, 15) is 4.79 Å². The lowest BCUT2D eigenvalue weighted by Crippen LogP contribution is -2.36. The van der Waals surface area contributed by atoms with Crippen molar-refractivity contribution in [3.05, 3.63) is 24.3 Å². The largest absolute Gasteiger partial charge is 0.444 e. The van der Waals surface area contributed by atoms with Crippen LogP contribution in [0.25, 0.3) is 11.0 Å². The number of alkyl carbamates (subject to hydrolysis) is 1. The third kappa shape index (κ3) is 6.91. The number of fused-ring (bicyclic) bond motifs is 1. The number of hydrogen-bond donors (Lipinski definition) is 4. The minimum atomic E-state index is -0.517. The normalized spacial score (nSPS) is 14.1. The minimum Gasteiger partial charge on any atom is -0.444 e. The van der Waals surface area contributed by atoms with Crippen LogP contribution >= 0.6 is 11.8 Å². The molecule has 12 heteroatoms. The Kier molecular flexibility index (Phi) is 8.36. The number of amides is 1. The van der Waals surface area contributed by atoms with Crippen LogP contribution in [-0.2, 0) is 9.47 Å². The number of ether oxygens (including phenoxy) is 2. The number of anilines is 4. The van der Waals surface area contributed by atoms with Gasteiger partial charge in [0.1, 0.15) is 16.4 Å². The van der Waals surface area contributed by atoms with Crippen LogP contribution in [0.15, 0.2) is 29.3 Å². The maximum absolute atomic E-state index is 11.8. The summed E-state index contributed by atoms with van der Waals surface area (Å²) in [5.74, 6) is 1.15. The van der Waals surface area contributed by atoms with Gasteiger partial charge in [-0.05, 0) is 57.7 Å². The molecule has 4 rings (SSSR count). The summed E-state index contributed by atoms with van der Waals surface area (Å²) >= 11 is 1.53. The van der Waals surface area contributed by atoms with E-state index in [0.29, 0.717) is 36.9 Å². The summed E-state index contributed by atoms with van der Waals surface area (Å²) in [6.07, 6.45) is 2.24. The number of rotatable bonds is 9. The number of H-pyrrole nitrogens is 1. The fourth-order valence-corrected chi connectivity index (χ4v) is 4.28. The highest BCUT2D eigenvalue weighted by atomic mass is 32.2. The van der Waals surface area contributed by atoms with Crippen molar-refractivity contribution in [3.63, 3.8) is 0 Å². The Morgan fingerprint density at radius 2 is 1.92 bits per heavy atom. The average Bonchev–Trinajstić information content (AvgIpc) is 3.27. The van der Waals surface area contributed by atoms with E-state index in [4.69, 9.17) is 14.5 Å². The highest BCUT2D eigenvalue weighted by Gasteiger charge is 2.17. The van der Waals surface area contributed by atoms with Crippen molar-refractivity contribution in [1.82, 2.24) is 25.5 Å². The maximum Gasteiger partial charge on any atom is 0.407 e. The van der Waals surface area contributed by atoms with Gasteiger partial charge >= 0.3 is 6.09 Å². The van der Waals surface area contributed by atoms with Gasteiger partial charge in [0.05, 0.1) is 18.6 Å². The lowest BCUT2D eigenvalue weighted by Gasteiger charge is -2.28. The molecule has 11 nitrogen and oxygen atoms in total. The SMILES string of the molecule is CSc1n[nH]c2nc(Nc3ccc(N4CCOCC4)cc3)nc(NCCCNC(=O)OC(C)(C)C)c12. The highest BCUT2D eigenvalue weighted by molar-refractivity contribution is 7.98. The molecule has 0 aliphatic carbocycles. The van der Waals surface area contributed by atoms with Gasteiger partial charge in [0.15, 0.2) is 5.65 Å². The van der Waals surface area contributed by atoms with Crippen molar-refractivity contribution < 1.29 is 14.3 Å². The molecule has 0 unspecified atom stereocenters. The fraction of sp³-hybridized carbons (Fsp3) is 0.500. The van der Waals surface area contributed by atoms with Crippen LogP contribution in [0.1, 0.15) is 27.2 Å². The average molecular weight is 515 g/mol. The Bertz CT molecular complexity index is 1160. The predicted molar refractivity (Wildman–Crippen MR) is 144 cm³/mol. The second-order valence-electron chi connectivity index (χ2n) is 9.33. The monoisotopic (exact) mass is 514 g/mol. The van der Waals surface area contributed by atoms with Crippen LogP contribution in [0.2, 0.25) is 0 Å². The zero-order valence-corrected chi connectivity index (χ0v) is 22.0. The Balaban J connectivity index is 1.40. The number of morpholine rings is 1. The number of carbonyl (C=O) groups is 1. The molecule has 3 heterocycles. The Morgan fingerprint density at radius 1 is 1.17 bits per heavy atom. The van der Waals surface area contributed by atoms with Crippen LogP contribution in [0.4, 0.5) is 27.9 Å². The molecule has 0 bridgehead atoms. The van der Waals surface area contributed by atoms with Gasteiger partial charge in [0.2, 0.25) is 5.95 Å². The Morgan fingerprint density at radius 3 is 2.61 bits per heavy atom. The zero-order valence-electron chi connectivity index (χ0n) is 21.2. The van der Waals surface area contributed by atoms with Crippen molar-refractivity contribution in [2.45, 2.75) is 37.8 Å².